The summed E-state index contributed by atoms with van der Waals surface area (Å²) in [5, 5.41) is 5.61. The first-order valence-electron chi connectivity index (χ1n) is 15.5. The van der Waals surface area contributed by atoms with Gasteiger partial charge < -0.3 is 20.6 Å². The van der Waals surface area contributed by atoms with Gasteiger partial charge in [0.25, 0.3) is 0 Å². The Morgan fingerprint density at radius 3 is 1.91 bits per heavy atom. The number of fused-ring (bicyclic) bond motifs is 1. The molecule has 2 aliphatic carbocycles. The smallest absolute Gasteiger partial charge is 0.248 e. The van der Waals surface area contributed by atoms with Gasteiger partial charge in [-0.2, -0.15) is 0 Å². The Bertz CT molecular complexity index is 1770. The van der Waals surface area contributed by atoms with Crippen LogP contribution in [-0.4, -0.2) is 43.6 Å². The molecule has 0 bridgehead atoms. The fourth-order valence-electron chi connectivity index (χ4n) is 5.94. The molecule has 0 aliphatic heterocycles. The molecule has 240 valence electrons. The highest BCUT2D eigenvalue weighted by Crippen LogP contribution is 2.37. The van der Waals surface area contributed by atoms with Gasteiger partial charge in [0.2, 0.25) is 23.7 Å². The monoisotopic (exact) mass is 634 g/mol. The number of rotatable bonds is 7. The van der Waals surface area contributed by atoms with Crippen molar-refractivity contribution in [2.24, 2.45) is 11.8 Å². The first kappa shape index (κ1) is 31.3. The molecule has 46 heavy (non-hydrogen) atoms. The molecule has 6 rings (SSSR count). The summed E-state index contributed by atoms with van der Waals surface area (Å²) in [5.74, 6) is 0.884. The maximum Gasteiger partial charge on any atom is 0.248 e. The lowest BCUT2D eigenvalue weighted by Crippen LogP contribution is -2.35. The molecule has 2 fully saturated rings. The van der Waals surface area contributed by atoms with Crippen LogP contribution in [0.3, 0.4) is 0 Å². The number of hydrogen-bond acceptors (Lipinski definition) is 4. The van der Waals surface area contributed by atoms with E-state index in [2.05, 4.69) is 42.4 Å². The van der Waals surface area contributed by atoms with Crippen LogP contribution in [-0.2, 0) is 22.7 Å². The van der Waals surface area contributed by atoms with E-state index < -0.39 is 23.7 Å². The van der Waals surface area contributed by atoms with Crippen molar-refractivity contribution in [3.05, 3.63) is 71.4 Å². The van der Waals surface area contributed by atoms with Gasteiger partial charge in [0.05, 0.1) is 36.0 Å². The number of hydrogen-bond donors (Lipinski definition) is 4. The molecule has 2 aliphatic rings. The van der Waals surface area contributed by atoms with Gasteiger partial charge in [0.1, 0.15) is 11.6 Å². The van der Waals surface area contributed by atoms with Gasteiger partial charge >= 0.3 is 0 Å². The first-order chi connectivity index (χ1) is 22.0. The lowest BCUT2D eigenvalue weighted by Gasteiger charge is -2.27. The molecule has 0 spiro atoms. The predicted molar refractivity (Wildman–Crippen MR) is 164 cm³/mol. The van der Waals surface area contributed by atoms with E-state index in [9.17, 15) is 27.2 Å². The maximum absolute atomic E-state index is 13.4. The Labute approximate surface area is 263 Å². The summed E-state index contributed by atoms with van der Waals surface area (Å²) in [4.78, 5) is 40.1. The number of imidazole rings is 2. The van der Waals surface area contributed by atoms with E-state index in [0.717, 1.165) is 33.4 Å². The molecule has 2 amide bonds. The predicted octanol–water partition coefficient (Wildman–Crippen LogP) is 6.24. The second-order valence-electron chi connectivity index (χ2n) is 12.2. The summed E-state index contributed by atoms with van der Waals surface area (Å²) in [6.07, 6.45) is 1.41. The van der Waals surface area contributed by atoms with Crippen LogP contribution in [0.4, 0.5) is 17.6 Å². The van der Waals surface area contributed by atoms with Crippen LogP contribution >= 0.6 is 0 Å². The van der Waals surface area contributed by atoms with Crippen molar-refractivity contribution < 1.29 is 27.2 Å². The molecule has 2 aromatic carbocycles. The molecule has 0 saturated heterocycles. The number of H-pyrrole nitrogens is 2. The maximum atomic E-state index is 13.4. The third-order valence-electron chi connectivity index (χ3n) is 8.74. The summed E-state index contributed by atoms with van der Waals surface area (Å²) in [6.45, 7) is 0.376. The standard InChI is InChI=1S/C34H34F4N6O2/c35-33(36)13-9-24(10-14-33)31(45)40-19-29-39-18-28(44-29)23-6-3-21(4-7-23)1-2-22-5-8-26-27(17-22)43-30(42-26)20-41-32(46)25-11-15-34(37,38)16-12-25/h3-8,17-18,24-25H,9-16,19-20H2,(H,39,44)(H,40,45)(H,41,46)(H,42,43). The van der Waals surface area contributed by atoms with Gasteiger partial charge in [-0.25, -0.2) is 27.5 Å². The average Bonchev–Trinajstić information content (AvgIpc) is 3.68. The quantitative estimate of drug-likeness (QED) is 0.142. The van der Waals surface area contributed by atoms with Crippen LogP contribution in [0.2, 0.25) is 0 Å². The van der Waals surface area contributed by atoms with E-state index in [1.54, 1.807) is 6.20 Å². The number of aromatic amines is 2. The molecule has 2 heterocycles. The Morgan fingerprint density at radius 2 is 1.30 bits per heavy atom. The summed E-state index contributed by atoms with van der Waals surface area (Å²) < 4.78 is 53.5. The lowest BCUT2D eigenvalue weighted by atomic mass is 9.86. The highest BCUT2D eigenvalue weighted by molar-refractivity contribution is 5.80. The molecule has 8 nitrogen and oxygen atoms in total. The van der Waals surface area contributed by atoms with Crippen LogP contribution in [0.1, 0.15) is 74.1 Å². The molecule has 0 radical (unpaired) electrons. The Hall–Kier alpha value is -4.66. The second kappa shape index (κ2) is 13.0. The summed E-state index contributed by atoms with van der Waals surface area (Å²) in [5.41, 5.74) is 4.76. The summed E-state index contributed by atoms with van der Waals surface area (Å²) in [7, 11) is 0. The van der Waals surface area contributed by atoms with Crippen LogP contribution in [0.15, 0.2) is 48.7 Å². The number of amides is 2. The zero-order valence-electron chi connectivity index (χ0n) is 25.1. The topological polar surface area (TPSA) is 116 Å². The van der Waals surface area contributed by atoms with Crippen LogP contribution in [0.5, 0.6) is 0 Å². The van der Waals surface area contributed by atoms with E-state index in [-0.39, 0.29) is 76.3 Å². The number of halogens is 4. The van der Waals surface area contributed by atoms with Gasteiger partial charge in [-0.1, -0.05) is 24.0 Å². The molecule has 2 aromatic heterocycles. The SMILES string of the molecule is O=C(NCc1ncc(-c2ccc(C#Cc3ccc4nc(CNC(=O)C5CCC(F)(F)CC5)[nH]c4c3)cc2)[nH]1)C1CCC(F)(F)CC1. The van der Waals surface area contributed by atoms with E-state index in [1.165, 1.54) is 0 Å². The van der Waals surface area contributed by atoms with Crippen molar-refractivity contribution in [2.45, 2.75) is 76.3 Å². The molecular weight excluding hydrogens is 600 g/mol. The summed E-state index contributed by atoms with van der Waals surface area (Å²) in [6, 6.07) is 13.2. The van der Waals surface area contributed by atoms with Crippen LogP contribution < -0.4 is 10.6 Å². The number of carbonyl (C=O) groups is 2. The molecule has 0 atom stereocenters. The summed E-state index contributed by atoms with van der Waals surface area (Å²) >= 11 is 0. The van der Waals surface area contributed by atoms with Gasteiger partial charge in [-0.05, 0) is 61.6 Å². The number of alkyl halides is 4. The Kier molecular flexibility index (Phi) is 8.84. The Balaban J connectivity index is 1.01. The average molecular weight is 635 g/mol. The highest BCUT2D eigenvalue weighted by atomic mass is 19.3. The van der Waals surface area contributed by atoms with Crippen molar-refractivity contribution in [1.29, 1.82) is 0 Å². The molecule has 4 N–H and O–H groups in total. The van der Waals surface area contributed by atoms with E-state index in [0.29, 0.717) is 11.6 Å². The number of carbonyl (C=O) groups excluding carboxylic acids is 2. The molecular formula is C34H34F4N6O2. The van der Waals surface area contributed by atoms with Crippen molar-refractivity contribution in [3.8, 4) is 23.1 Å². The minimum Gasteiger partial charge on any atom is -0.349 e. The van der Waals surface area contributed by atoms with E-state index in [4.69, 9.17) is 0 Å². The minimum atomic E-state index is -2.67. The van der Waals surface area contributed by atoms with Crippen molar-refractivity contribution in [2.75, 3.05) is 0 Å². The van der Waals surface area contributed by atoms with E-state index >= 15 is 0 Å². The fourth-order valence-corrected chi connectivity index (χ4v) is 5.94. The van der Waals surface area contributed by atoms with Crippen molar-refractivity contribution in [1.82, 2.24) is 30.6 Å². The van der Waals surface area contributed by atoms with E-state index in [1.807, 2.05) is 42.5 Å². The number of nitrogens with one attached hydrogen (secondary N) is 4. The van der Waals surface area contributed by atoms with Crippen LogP contribution in [0, 0.1) is 23.7 Å². The first-order valence-corrected chi connectivity index (χ1v) is 15.5. The molecule has 4 aromatic rings. The molecule has 12 heteroatoms. The Morgan fingerprint density at radius 1 is 0.761 bits per heavy atom. The normalized spacial score (nSPS) is 18.1. The van der Waals surface area contributed by atoms with Crippen molar-refractivity contribution in [3.63, 3.8) is 0 Å². The third kappa shape index (κ3) is 7.76. The van der Waals surface area contributed by atoms with Crippen LogP contribution in [0.25, 0.3) is 22.3 Å². The number of aromatic nitrogens is 4. The van der Waals surface area contributed by atoms with Gasteiger partial charge in [0, 0.05) is 48.6 Å². The largest absolute Gasteiger partial charge is 0.349 e. The molecule has 0 unspecified atom stereocenters. The third-order valence-corrected chi connectivity index (χ3v) is 8.74. The number of benzene rings is 2. The van der Waals surface area contributed by atoms with Gasteiger partial charge in [0.15, 0.2) is 0 Å². The number of nitrogens with zero attached hydrogens (tertiary/aromatic N) is 2. The fraction of sp³-hybridized carbons (Fsp3) is 0.412. The van der Waals surface area contributed by atoms with Gasteiger partial charge in [-0.3, -0.25) is 9.59 Å². The highest BCUT2D eigenvalue weighted by Gasteiger charge is 2.38. The lowest BCUT2D eigenvalue weighted by molar-refractivity contribution is -0.130. The van der Waals surface area contributed by atoms with Gasteiger partial charge in [-0.15, -0.1) is 0 Å². The van der Waals surface area contributed by atoms with Crippen molar-refractivity contribution >= 4 is 22.8 Å². The molecule has 2 saturated carbocycles. The minimum absolute atomic E-state index is 0.185. The zero-order valence-corrected chi connectivity index (χ0v) is 25.1. The second-order valence-corrected chi connectivity index (χ2v) is 12.2. The zero-order chi connectivity index (χ0) is 32.3.